The maximum Gasteiger partial charge on any atom is 0.387 e. The molecule has 2 aromatic carbocycles. The Bertz CT molecular complexity index is 1040. The summed E-state index contributed by atoms with van der Waals surface area (Å²) in [5.41, 5.74) is 2.55. The van der Waals surface area contributed by atoms with Gasteiger partial charge < -0.3 is 25.2 Å². The highest BCUT2D eigenvalue weighted by Gasteiger charge is 2.23. The third-order valence-corrected chi connectivity index (χ3v) is 5.41. The second kappa shape index (κ2) is 10.7. The monoisotopic (exact) mass is 464 g/mol. The van der Waals surface area contributed by atoms with Crippen LogP contribution in [-0.4, -0.2) is 43.5 Å². The molecule has 0 saturated carbocycles. The fourth-order valence-corrected chi connectivity index (χ4v) is 3.64. The highest BCUT2D eigenvalue weighted by atomic mass is 19.3. The number of rotatable bonds is 8. The molecule has 1 aliphatic rings. The maximum absolute atomic E-state index is 14.9. The standard InChI is InChI=1S/C24H27F3N2O4/c1-13-4-6-22(33-24(26)27)16(8-13)11-29-20-10-17(19(25)9-18(20)23(31)28-3)15-5-7-21(14(2)30)32-12-15/h4-6,8-10,14,21,24,29-30H,7,11-12H2,1-3H3,(H,28,31). The van der Waals surface area contributed by atoms with Gasteiger partial charge in [0.15, 0.2) is 0 Å². The van der Waals surface area contributed by atoms with Crippen LogP contribution in [0.2, 0.25) is 0 Å². The van der Waals surface area contributed by atoms with Crippen molar-refractivity contribution in [1.29, 1.82) is 0 Å². The normalized spacial score (nSPS) is 16.8. The van der Waals surface area contributed by atoms with Crippen LogP contribution in [0.25, 0.3) is 5.57 Å². The van der Waals surface area contributed by atoms with Gasteiger partial charge in [-0.3, -0.25) is 4.79 Å². The number of halogens is 3. The number of hydrogen-bond donors (Lipinski definition) is 3. The van der Waals surface area contributed by atoms with Crippen LogP contribution in [-0.2, 0) is 11.3 Å². The Morgan fingerprint density at radius 3 is 2.67 bits per heavy atom. The van der Waals surface area contributed by atoms with Crippen molar-refractivity contribution in [3.63, 3.8) is 0 Å². The lowest BCUT2D eigenvalue weighted by Gasteiger charge is -2.25. The van der Waals surface area contributed by atoms with E-state index >= 15 is 0 Å². The number of aliphatic hydroxyl groups excluding tert-OH is 1. The van der Waals surface area contributed by atoms with E-state index in [2.05, 4.69) is 15.4 Å². The smallest absolute Gasteiger partial charge is 0.387 e. The van der Waals surface area contributed by atoms with Gasteiger partial charge in [-0.15, -0.1) is 0 Å². The summed E-state index contributed by atoms with van der Waals surface area (Å²) in [5.74, 6) is -1.08. The summed E-state index contributed by atoms with van der Waals surface area (Å²) >= 11 is 0. The van der Waals surface area contributed by atoms with Gasteiger partial charge in [-0.1, -0.05) is 23.8 Å². The van der Waals surface area contributed by atoms with Gasteiger partial charge in [0.1, 0.15) is 11.6 Å². The number of alkyl halides is 2. The number of carbonyl (C=O) groups excluding carboxylic acids is 1. The van der Waals surface area contributed by atoms with Crippen molar-refractivity contribution in [2.45, 2.75) is 45.6 Å². The summed E-state index contributed by atoms with van der Waals surface area (Å²) in [6.45, 7) is 0.640. The van der Waals surface area contributed by atoms with E-state index in [0.29, 0.717) is 23.2 Å². The van der Waals surface area contributed by atoms with Crippen LogP contribution in [0.15, 0.2) is 36.4 Å². The summed E-state index contributed by atoms with van der Waals surface area (Å²) in [4.78, 5) is 12.4. The molecule has 6 nitrogen and oxygen atoms in total. The largest absolute Gasteiger partial charge is 0.434 e. The topological polar surface area (TPSA) is 79.8 Å². The summed E-state index contributed by atoms with van der Waals surface area (Å²) in [7, 11) is 1.43. The maximum atomic E-state index is 14.9. The molecule has 0 aromatic heterocycles. The van der Waals surface area contributed by atoms with Crippen molar-refractivity contribution in [1.82, 2.24) is 5.32 Å². The van der Waals surface area contributed by atoms with Crippen molar-refractivity contribution in [2.24, 2.45) is 0 Å². The third-order valence-electron chi connectivity index (χ3n) is 5.41. The number of carbonyl (C=O) groups is 1. The Kier molecular flexibility index (Phi) is 7.99. The molecule has 3 N–H and O–H groups in total. The highest BCUT2D eigenvalue weighted by molar-refractivity contribution is 6.00. The predicted octanol–water partition coefficient (Wildman–Crippen LogP) is 4.26. The van der Waals surface area contributed by atoms with E-state index in [1.807, 2.05) is 6.92 Å². The molecule has 1 amide bonds. The van der Waals surface area contributed by atoms with Crippen LogP contribution in [0.3, 0.4) is 0 Å². The van der Waals surface area contributed by atoms with Crippen molar-refractivity contribution < 1.29 is 32.5 Å². The molecule has 1 heterocycles. The second-order valence-corrected chi connectivity index (χ2v) is 7.86. The molecule has 2 unspecified atom stereocenters. The lowest BCUT2D eigenvalue weighted by Crippen LogP contribution is -2.29. The number of anilines is 1. The van der Waals surface area contributed by atoms with Gasteiger partial charge in [-0.25, -0.2) is 4.39 Å². The first-order valence-corrected chi connectivity index (χ1v) is 10.5. The Morgan fingerprint density at radius 1 is 1.30 bits per heavy atom. The Balaban J connectivity index is 1.93. The van der Waals surface area contributed by atoms with Gasteiger partial charge in [0.05, 0.1) is 24.4 Å². The second-order valence-electron chi connectivity index (χ2n) is 7.86. The summed E-state index contributed by atoms with van der Waals surface area (Å²) < 4.78 is 50.7. The number of aryl methyl sites for hydroxylation is 1. The van der Waals surface area contributed by atoms with E-state index in [1.165, 1.54) is 19.2 Å². The molecular formula is C24H27F3N2O4. The molecule has 0 radical (unpaired) electrons. The number of amides is 1. The molecule has 33 heavy (non-hydrogen) atoms. The Morgan fingerprint density at radius 2 is 2.06 bits per heavy atom. The van der Waals surface area contributed by atoms with Gasteiger partial charge in [0, 0.05) is 30.4 Å². The minimum atomic E-state index is -2.98. The van der Waals surface area contributed by atoms with Crippen LogP contribution in [0.5, 0.6) is 5.75 Å². The molecule has 0 aliphatic carbocycles. The molecule has 2 atom stereocenters. The van der Waals surface area contributed by atoms with Crippen LogP contribution < -0.4 is 15.4 Å². The Hall–Kier alpha value is -3.04. The fraction of sp³-hybridized carbons (Fsp3) is 0.375. The van der Waals surface area contributed by atoms with Crippen molar-refractivity contribution in [3.05, 3.63) is 64.5 Å². The molecule has 3 rings (SSSR count). The molecule has 1 aliphatic heterocycles. The first-order valence-electron chi connectivity index (χ1n) is 10.5. The lowest BCUT2D eigenvalue weighted by atomic mass is 9.97. The first-order chi connectivity index (χ1) is 15.7. The minimum Gasteiger partial charge on any atom is -0.434 e. The van der Waals surface area contributed by atoms with Gasteiger partial charge in [0.25, 0.3) is 5.91 Å². The molecule has 0 spiro atoms. The van der Waals surface area contributed by atoms with Gasteiger partial charge in [-0.05, 0) is 44.0 Å². The van der Waals surface area contributed by atoms with Crippen molar-refractivity contribution in [3.8, 4) is 5.75 Å². The number of aliphatic hydroxyl groups is 1. The van der Waals surface area contributed by atoms with Crippen molar-refractivity contribution >= 4 is 17.2 Å². The van der Waals surface area contributed by atoms with E-state index in [-0.39, 0.29) is 36.1 Å². The fourth-order valence-electron chi connectivity index (χ4n) is 3.64. The van der Waals surface area contributed by atoms with Crippen LogP contribution >= 0.6 is 0 Å². The summed E-state index contributed by atoms with van der Waals surface area (Å²) in [5, 5.41) is 15.2. The summed E-state index contributed by atoms with van der Waals surface area (Å²) in [6, 6.07) is 7.44. The SMILES string of the molecule is CNC(=O)c1cc(F)c(C2=CCC(C(C)O)OC2)cc1NCc1cc(C)ccc1OC(F)F. The average Bonchev–Trinajstić information content (AvgIpc) is 2.78. The van der Waals surface area contributed by atoms with E-state index in [0.717, 1.165) is 11.6 Å². The van der Waals surface area contributed by atoms with E-state index < -0.39 is 24.4 Å². The highest BCUT2D eigenvalue weighted by Crippen LogP contribution is 2.31. The number of hydrogen-bond acceptors (Lipinski definition) is 5. The van der Waals surface area contributed by atoms with Crippen LogP contribution in [0.4, 0.5) is 18.9 Å². The zero-order valence-electron chi connectivity index (χ0n) is 18.6. The number of ether oxygens (including phenoxy) is 2. The molecule has 0 saturated heterocycles. The minimum absolute atomic E-state index is 0.0134. The Labute approximate surface area is 190 Å². The number of nitrogens with one attached hydrogen (secondary N) is 2. The van der Waals surface area contributed by atoms with Gasteiger partial charge in [0.2, 0.25) is 0 Å². The quantitative estimate of drug-likeness (QED) is 0.544. The van der Waals surface area contributed by atoms with E-state index in [1.54, 1.807) is 25.1 Å². The van der Waals surface area contributed by atoms with E-state index in [9.17, 15) is 23.1 Å². The lowest BCUT2D eigenvalue weighted by molar-refractivity contribution is -0.0504. The van der Waals surface area contributed by atoms with Crippen LogP contribution in [0, 0.1) is 12.7 Å². The average molecular weight is 464 g/mol. The third kappa shape index (κ3) is 6.06. The molecule has 0 bridgehead atoms. The molecule has 9 heteroatoms. The zero-order valence-corrected chi connectivity index (χ0v) is 18.6. The van der Waals surface area contributed by atoms with E-state index in [4.69, 9.17) is 4.74 Å². The number of benzene rings is 2. The van der Waals surface area contributed by atoms with Crippen LogP contribution in [0.1, 0.15) is 40.4 Å². The molecule has 0 fully saturated rings. The molecule has 178 valence electrons. The predicted molar refractivity (Wildman–Crippen MR) is 119 cm³/mol. The zero-order chi connectivity index (χ0) is 24.1. The summed E-state index contributed by atoms with van der Waals surface area (Å²) in [6.07, 6.45) is 1.20. The first kappa shape index (κ1) is 24.6. The van der Waals surface area contributed by atoms with Gasteiger partial charge in [-0.2, -0.15) is 8.78 Å². The molecular weight excluding hydrogens is 437 g/mol. The molecule has 2 aromatic rings. The van der Waals surface area contributed by atoms with Crippen molar-refractivity contribution in [2.75, 3.05) is 19.0 Å². The van der Waals surface area contributed by atoms with Gasteiger partial charge >= 0.3 is 6.61 Å².